The Morgan fingerprint density at radius 3 is 0.833 bits per heavy atom. The Labute approximate surface area is 100 Å². The van der Waals surface area contributed by atoms with Crippen LogP contribution in [0.5, 0.6) is 0 Å². The van der Waals surface area contributed by atoms with Crippen molar-refractivity contribution in [3.63, 3.8) is 0 Å². The Balaban J connectivity index is -0.0000000457. The van der Waals surface area contributed by atoms with Crippen LogP contribution in [0.15, 0.2) is 0 Å². The van der Waals surface area contributed by atoms with Crippen LogP contribution in [0, 0.1) is 0 Å². The fraction of sp³-hybridized carbons (Fsp3) is 0. The third-order valence-electron chi connectivity index (χ3n) is 0. The predicted molar refractivity (Wildman–Crippen MR) is 19.7 cm³/mol. The number of hydrogen-bond donors (Lipinski definition) is 2. The van der Waals surface area contributed by atoms with E-state index in [4.69, 9.17) is 38.5 Å². The second-order valence-electron chi connectivity index (χ2n) is 0.937. The van der Waals surface area contributed by atoms with E-state index in [1.54, 1.807) is 0 Å². The summed E-state index contributed by atoms with van der Waals surface area (Å²) in [6.07, 6.45) is 0. The van der Waals surface area contributed by atoms with E-state index in [2.05, 4.69) is 0 Å². The van der Waals surface area contributed by atoms with Gasteiger partial charge in [0.05, 0.1) is 15.6 Å². The molecule has 1 radical (unpaired) electrons. The summed E-state index contributed by atoms with van der Waals surface area (Å²) >= 11 is 0. The van der Waals surface area contributed by atoms with Crippen LogP contribution in [-0.4, -0.2) is 9.79 Å². The Bertz CT molecular complexity index is 129. The zero-order chi connectivity index (χ0) is 9.00. The first-order valence-electron chi connectivity index (χ1n) is 1.50. The zero-order valence-electron chi connectivity index (χ0n) is 5.59. The maximum absolute atomic E-state index is 8.66. The summed E-state index contributed by atoms with van der Waals surface area (Å²) < 4.78 is 17.3. The van der Waals surface area contributed by atoms with Gasteiger partial charge in [0.1, 0.15) is 0 Å². The van der Waals surface area contributed by atoms with Gasteiger partial charge in [-0.25, -0.2) is 0 Å². The van der Waals surface area contributed by atoms with Crippen molar-refractivity contribution in [2.24, 2.45) is 0 Å². The molecule has 12 heavy (non-hydrogen) atoms. The smallest absolute Gasteiger partial charge is 0.790 e. The maximum Gasteiger partial charge on any atom is 3.00 e. The first-order valence-corrected chi connectivity index (χ1v) is 4.49. The molecular formula is H2FeNaO8P2. The predicted octanol–water partition coefficient (Wildman–Crippen LogP) is -7.38. The van der Waals surface area contributed by atoms with Crippen LogP contribution in [0.2, 0.25) is 0 Å². The Morgan fingerprint density at radius 1 is 0.833 bits per heavy atom. The van der Waals surface area contributed by atoms with E-state index in [1.807, 2.05) is 0 Å². The standard InChI is InChI=1S/Fe.Na.2H3O4P/c;;2*1-5(2,3)4/h;;2*(H3,1,2,3,4)/q+3;+1;;/p-4. The van der Waals surface area contributed by atoms with Crippen LogP contribution >= 0.6 is 15.6 Å². The van der Waals surface area contributed by atoms with E-state index in [9.17, 15) is 0 Å². The van der Waals surface area contributed by atoms with Crippen molar-refractivity contribution < 1.29 is 85.1 Å². The zero-order valence-corrected chi connectivity index (χ0v) is 10.5. The molecule has 0 heterocycles. The number of hydrogen-bond acceptors (Lipinski definition) is 6. The molecule has 2 N–H and O–H groups in total. The topological polar surface area (TPSA) is 167 Å². The minimum atomic E-state index is -5.14. The van der Waals surface area contributed by atoms with E-state index in [1.165, 1.54) is 0 Å². The molecule has 0 aliphatic heterocycles. The molecule has 12 heteroatoms. The van der Waals surface area contributed by atoms with Crippen LogP contribution < -0.4 is 49.1 Å². The summed E-state index contributed by atoms with van der Waals surface area (Å²) in [6, 6.07) is 0. The Morgan fingerprint density at radius 2 is 0.833 bits per heavy atom. The molecule has 0 spiro atoms. The minimum Gasteiger partial charge on any atom is -0.790 e. The van der Waals surface area contributed by atoms with Gasteiger partial charge in [-0.15, -0.1) is 0 Å². The first-order chi connectivity index (χ1) is 4.00. The summed E-state index contributed by atoms with van der Waals surface area (Å²) in [4.78, 5) is 48.6. The van der Waals surface area contributed by atoms with Gasteiger partial charge in [-0.1, -0.05) is 0 Å². The molecule has 0 saturated heterocycles. The Kier molecular flexibility index (Phi) is 18.2. The van der Waals surface area contributed by atoms with Gasteiger partial charge >= 0.3 is 46.6 Å². The normalized spacial score (nSPS) is 9.83. The Hall–Kier alpha value is 1.74. The van der Waals surface area contributed by atoms with E-state index in [0.717, 1.165) is 0 Å². The average molecular weight is 271 g/mol. The molecule has 8 nitrogen and oxygen atoms in total. The number of phosphoric acid groups is 2. The third-order valence-corrected chi connectivity index (χ3v) is 0. The molecule has 0 aromatic heterocycles. The molecule has 0 unspecified atom stereocenters. The van der Waals surface area contributed by atoms with Gasteiger partial charge in [-0.05, 0) is 0 Å². The van der Waals surface area contributed by atoms with Crippen molar-refractivity contribution in [3.8, 4) is 0 Å². The second-order valence-corrected chi connectivity index (χ2v) is 2.81. The molecule has 0 saturated carbocycles. The average Bonchev–Trinajstić information content (AvgIpc) is 1.12. The van der Waals surface area contributed by atoms with Gasteiger partial charge < -0.3 is 38.5 Å². The fourth-order valence-corrected chi connectivity index (χ4v) is 0. The molecule has 0 aliphatic carbocycles. The first kappa shape index (κ1) is 23.5. The van der Waals surface area contributed by atoms with Crippen molar-refractivity contribution in [2.75, 3.05) is 0 Å². The summed E-state index contributed by atoms with van der Waals surface area (Å²) in [6.45, 7) is 0. The van der Waals surface area contributed by atoms with Gasteiger partial charge in [0.15, 0.2) is 0 Å². The molecule has 0 aromatic rings. The fourth-order valence-electron chi connectivity index (χ4n) is 0. The maximum atomic E-state index is 8.66. The van der Waals surface area contributed by atoms with E-state index < -0.39 is 15.6 Å². The van der Waals surface area contributed by atoms with Crippen molar-refractivity contribution in [3.05, 3.63) is 0 Å². The van der Waals surface area contributed by atoms with Gasteiger partial charge in [-0.2, -0.15) is 0 Å². The SMILES string of the molecule is O=P([O-])([O-])O.O=P([O-])([O-])O.[Fe+3].[Na+]. The molecule has 0 amide bonds. The van der Waals surface area contributed by atoms with Crippen molar-refractivity contribution in [2.45, 2.75) is 0 Å². The molecule has 0 fully saturated rings. The quantitative estimate of drug-likeness (QED) is 0.323. The van der Waals surface area contributed by atoms with Gasteiger partial charge in [0, 0.05) is 0 Å². The van der Waals surface area contributed by atoms with E-state index in [0.29, 0.717) is 0 Å². The monoisotopic (exact) mass is 271 g/mol. The molecule has 0 aliphatic rings. The minimum absolute atomic E-state index is 0. The third kappa shape index (κ3) is 447. The van der Waals surface area contributed by atoms with Gasteiger partial charge in [-0.3, -0.25) is 0 Å². The number of rotatable bonds is 0. The second kappa shape index (κ2) is 9.30. The van der Waals surface area contributed by atoms with Gasteiger partial charge in [0.2, 0.25) is 0 Å². The van der Waals surface area contributed by atoms with E-state index in [-0.39, 0.29) is 46.6 Å². The molecule has 0 rings (SSSR count). The van der Waals surface area contributed by atoms with Crippen LogP contribution in [0.1, 0.15) is 0 Å². The molecule has 0 aromatic carbocycles. The summed E-state index contributed by atoms with van der Waals surface area (Å²) in [5.41, 5.74) is 0. The molecule has 0 bridgehead atoms. The summed E-state index contributed by atoms with van der Waals surface area (Å²) in [7, 11) is -10.3. The van der Waals surface area contributed by atoms with Crippen molar-refractivity contribution in [1.82, 2.24) is 0 Å². The largest absolute Gasteiger partial charge is 3.00 e. The molecule has 0 atom stereocenters. The van der Waals surface area contributed by atoms with E-state index >= 15 is 0 Å². The van der Waals surface area contributed by atoms with Crippen LogP contribution in [0.3, 0.4) is 0 Å². The summed E-state index contributed by atoms with van der Waals surface area (Å²) in [5, 5.41) is 0. The summed E-state index contributed by atoms with van der Waals surface area (Å²) in [5.74, 6) is 0. The van der Waals surface area contributed by atoms with Crippen LogP contribution in [0.4, 0.5) is 0 Å². The van der Waals surface area contributed by atoms with Gasteiger partial charge in [0.25, 0.3) is 0 Å². The molecular weight excluding hydrogens is 269 g/mol. The van der Waals surface area contributed by atoms with Crippen molar-refractivity contribution >= 4 is 15.6 Å². The van der Waals surface area contributed by atoms with Crippen LogP contribution in [0.25, 0.3) is 0 Å². The molecule has 69 valence electrons. The van der Waals surface area contributed by atoms with Crippen LogP contribution in [-0.2, 0) is 26.2 Å². The van der Waals surface area contributed by atoms with Crippen molar-refractivity contribution in [1.29, 1.82) is 0 Å².